The van der Waals surface area contributed by atoms with Crippen LogP contribution in [0.2, 0.25) is 0 Å². The molecule has 0 bridgehead atoms. The van der Waals surface area contributed by atoms with Crippen molar-refractivity contribution < 1.29 is 4.39 Å². The van der Waals surface area contributed by atoms with Crippen molar-refractivity contribution in [2.45, 2.75) is 32.6 Å². The van der Waals surface area contributed by atoms with Gasteiger partial charge in [-0.2, -0.15) is 0 Å². The fourth-order valence-electron chi connectivity index (χ4n) is 2.41. The molecule has 1 aliphatic heterocycles. The summed E-state index contributed by atoms with van der Waals surface area (Å²) in [6, 6.07) is 2.13. The van der Waals surface area contributed by atoms with Gasteiger partial charge in [-0.25, -0.2) is 4.39 Å². The highest BCUT2D eigenvalue weighted by Gasteiger charge is 2.20. The fourth-order valence-corrected chi connectivity index (χ4v) is 2.82. The summed E-state index contributed by atoms with van der Waals surface area (Å²) in [6.07, 6.45) is 2.34. The summed E-state index contributed by atoms with van der Waals surface area (Å²) in [5.41, 5.74) is 2.96. The molecule has 1 aromatic carbocycles. The van der Waals surface area contributed by atoms with Crippen LogP contribution in [0.5, 0.6) is 0 Å². The number of nitrogens with one attached hydrogen (secondary N) is 1. The average molecular weight is 286 g/mol. The van der Waals surface area contributed by atoms with E-state index in [2.05, 4.69) is 27.3 Å². The number of aryl methyl sites for hydroxylation is 1. The minimum atomic E-state index is -0.0967. The van der Waals surface area contributed by atoms with Crippen molar-refractivity contribution in [2.75, 3.05) is 13.1 Å². The lowest BCUT2D eigenvalue weighted by Gasteiger charge is -2.25. The summed E-state index contributed by atoms with van der Waals surface area (Å²) < 4.78 is 14.5. The molecule has 0 spiro atoms. The third-order valence-corrected chi connectivity index (χ3v) is 4.38. The Balaban J connectivity index is 2.40. The van der Waals surface area contributed by atoms with Crippen LogP contribution in [0.1, 0.15) is 35.4 Å². The molecule has 1 aromatic rings. The number of hydrogen-bond acceptors (Lipinski definition) is 1. The summed E-state index contributed by atoms with van der Waals surface area (Å²) in [5.74, 6) is 0.371. The SMILES string of the molecule is Cc1cc(C2CCCNC2)c(C)c(F)c1Br. The number of hydrogen-bond donors (Lipinski definition) is 1. The van der Waals surface area contributed by atoms with Crippen molar-refractivity contribution in [3.05, 3.63) is 33.0 Å². The maximum Gasteiger partial charge on any atom is 0.140 e. The van der Waals surface area contributed by atoms with Crippen LogP contribution in [-0.4, -0.2) is 13.1 Å². The van der Waals surface area contributed by atoms with Gasteiger partial charge >= 0.3 is 0 Å². The fraction of sp³-hybridized carbons (Fsp3) is 0.538. The van der Waals surface area contributed by atoms with Gasteiger partial charge in [0.05, 0.1) is 4.47 Å². The van der Waals surface area contributed by atoms with Crippen molar-refractivity contribution in [2.24, 2.45) is 0 Å². The first-order valence-corrected chi connectivity index (χ1v) is 6.56. The highest BCUT2D eigenvalue weighted by Crippen LogP contribution is 2.32. The lowest BCUT2D eigenvalue weighted by atomic mass is 9.87. The predicted molar refractivity (Wildman–Crippen MR) is 68.4 cm³/mol. The Morgan fingerprint density at radius 3 is 2.81 bits per heavy atom. The van der Waals surface area contributed by atoms with Gasteiger partial charge in [0.1, 0.15) is 5.82 Å². The van der Waals surface area contributed by atoms with E-state index in [0.29, 0.717) is 10.4 Å². The van der Waals surface area contributed by atoms with Crippen LogP contribution < -0.4 is 5.32 Å². The molecule has 0 saturated carbocycles. The van der Waals surface area contributed by atoms with Crippen LogP contribution in [0, 0.1) is 19.7 Å². The van der Waals surface area contributed by atoms with Crippen LogP contribution in [-0.2, 0) is 0 Å². The molecule has 88 valence electrons. The topological polar surface area (TPSA) is 12.0 Å². The Kier molecular flexibility index (Phi) is 3.65. The standard InChI is InChI=1S/C13H17BrFN/c1-8-6-11(9(2)13(15)12(8)14)10-4-3-5-16-7-10/h6,10,16H,3-5,7H2,1-2H3. The van der Waals surface area contributed by atoms with Crippen molar-refractivity contribution in [1.29, 1.82) is 0 Å². The monoisotopic (exact) mass is 285 g/mol. The summed E-state index contributed by atoms with van der Waals surface area (Å²) in [5, 5.41) is 3.38. The van der Waals surface area contributed by atoms with Crippen molar-refractivity contribution in [3.8, 4) is 0 Å². The molecule has 1 atom stereocenters. The Morgan fingerprint density at radius 1 is 1.44 bits per heavy atom. The van der Waals surface area contributed by atoms with Gasteiger partial charge in [-0.3, -0.25) is 0 Å². The minimum Gasteiger partial charge on any atom is -0.316 e. The molecule has 1 aliphatic rings. The van der Waals surface area contributed by atoms with E-state index < -0.39 is 0 Å². The summed E-state index contributed by atoms with van der Waals surface area (Å²) in [6.45, 7) is 5.89. The highest BCUT2D eigenvalue weighted by atomic mass is 79.9. The third-order valence-electron chi connectivity index (χ3n) is 3.41. The van der Waals surface area contributed by atoms with E-state index in [4.69, 9.17) is 0 Å². The van der Waals surface area contributed by atoms with Gasteiger partial charge in [-0.15, -0.1) is 0 Å². The van der Waals surface area contributed by atoms with E-state index in [0.717, 1.165) is 30.6 Å². The van der Waals surface area contributed by atoms with Gasteiger partial charge in [-0.05, 0) is 71.8 Å². The van der Waals surface area contributed by atoms with Crippen molar-refractivity contribution >= 4 is 15.9 Å². The van der Waals surface area contributed by atoms with E-state index in [9.17, 15) is 4.39 Å². The largest absolute Gasteiger partial charge is 0.316 e. The predicted octanol–water partition coefficient (Wildman–Crippen LogP) is 3.67. The quantitative estimate of drug-likeness (QED) is 0.830. The van der Waals surface area contributed by atoms with Crippen LogP contribution in [0.4, 0.5) is 4.39 Å². The van der Waals surface area contributed by atoms with Crippen LogP contribution in [0.25, 0.3) is 0 Å². The Labute approximate surface area is 105 Å². The first-order chi connectivity index (χ1) is 7.61. The molecule has 0 aromatic heterocycles. The van der Waals surface area contributed by atoms with Crippen LogP contribution >= 0.6 is 15.9 Å². The highest BCUT2D eigenvalue weighted by molar-refractivity contribution is 9.10. The molecule has 1 unspecified atom stereocenters. The van der Waals surface area contributed by atoms with E-state index in [1.54, 1.807) is 0 Å². The number of piperidine rings is 1. The molecule has 1 nitrogen and oxygen atoms in total. The molecule has 16 heavy (non-hydrogen) atoms. The second-order valence-electron chi connectivity index (χ2n) is 4.58. The summed E-state index contributed by atoms with van der Waals surface area (Å²) in [4.78, 5) is 0. The van der Waals surface area contributed by atoms with Gasteiger partial charge in [0.25, 0.3) is 0 Å². The maximum atomic E-state index is 13.9. The molecule has 3 heteroatoms. The van der Waals surface area contributed by atoms with Gasteiger partial charge < -0.3 is 5.32 Å². The van der Waals surface area contributed by atoms with E-state index >= 15 is 0 Å². The molecule has 2 rings (SSSR count). The molecule has 1 fully saturated rings. The van der Waals surface area contributed by atoms with Crippen LogP contribution in [0.15, 0.2) is 10.5 Å². The number of benzene rings is 1. The second kappa shape index (κ2) is 4.84. The zero-order valence-corrected chi connectivity index (χ0v) is 11.3. The van der Waals surface area contributed by atoms with E-state index in [-0.39, 0.29) is 5.82 Å². The first kappa shape index (κ1) is 12.1. The minimum absolute atomic E-state index is 0.0967. The number of rotatable bonds is 1. The molecular weight excluding hydrogens is 269 g/mol. The molecule has 1 heterocycles. The summed E-state index contributed by atoms with van der Waals surface area (Å²) >= 11 is 3.30. The molecule has 1 N–H and O–H groups in total. The van der Waals surface area contributed by atoms with Crippen molar-refractivity contribution in [1.82, 2.24) is 5.32 Å². The van der Waals surface area contributed by atoms with Crippen molar-refractivity contribution in [3.63, 3.8) is 0 Å². The average Bonchev–Trinajstić information content (AvgIpc) is 2.32. The van der Waals surface area contributed by atoms with Gasteiger partial charge in [0, 0.05) is 6.54 Å². The van der Waals surface area contributed by atoms with E-state index in [1.165, 1.54) is 12.0 Å². The smallest absolute Gasteiger partial charge is 0.140 e. The summed E-state index contributed by atoms with van der Waals surface area (Å²) in [7, 11) is 0. The number of halogens is 2. The lowest BCUT2D eigenvalue weighted by Crippen LogP contribution is -2.29. The van der Waals surface area contributed by atoms with Gasteiger partial charge in [0.2, 0.25) is 0 Å². The normalized spacial score (nSPS) is 21.1. The molecule has 0 aliphatic carbocycles. The Morgan fingerprint density at radius 2 is 2.19 bits per heavy atom. The van der Waals surface area contributed by atoms with E-state index in [1.807, 2.05) is 13.8 Å². The molecule has 0 amide bonds. The maximum absolute atomic E-state index is 13.9. The molecule has 0 radical (unpaired) electrons. The Bertz CT molecular complexity index is 397. The lowest BCUT2D eigenvalue weighted by molar-refractivity contribution is 0.457. The third kappa shape index (κ3) is 2.16. The molecular formula is C13H17BrFN. The Hall–Kier alpha value is -0.410. The second-order valence-corrected chi connectivity index (χ2v) is 5.37. The zero-order valence-electron chi connectivity index (χ0n) is 9.74. The van der Waals surface area contributed by atoms with Gasteiger partial charge in [-0.1, -0.05) is 6.07 Å². The van der Waals surface area contributed by atoms with Gasteiger partial charge in [0.15, 0.2) is 0 Å². The first-order valence-electron chi connectivity index (χ1n) is 5.77. The molecule has 1 saturated heterocycles. The zero-order chi connectivity index (χ0) is 11.7. The van der Waals surface area contributed by atoms with Crippen LogP contribution in [0.3, 0.4) is 0 Å².